The second-order valence-electron chi connectivity index (χ2n) is 9.71. The van der Waals surface area contributed by atoms with Crippen molar-refractivity contribution in [3.8, 4) is 22.9 Å². The number of ether oxygens (including phenoxy) is 2. The molecule has 0 atom stereocenters. The SMILES string of the molecule is COc1ccc(-c2noc(CN3CCC(C(=O)Nc4ccccc4C(=O)NCc4cccnc4)CC3)n2)cc1OC. The number of rotatable bonds is 10. The maximum absolute atomic E-state index is 13.1. The van der Waals surface area contributed by atoms with Gasteiger partial charge in [0.1, 0.15) is 0 Å². The number of likely N-dealkylation sites (tertiary alicyclic amines) is 1. The number of amides is 2. The van der Waals surface area contributed by atoms with Crippen LogP contribution in [0.2, 0.25) is 0 Å². The Morgan fingerprint density at radius 1 is 1.02 bits per heavy atom. The van der Waals surface area contributed by atoms with Gasteiger partial charge in [-0.15, -0.1) is 0 Å². The molecule has 212 valence electrons. The van der Waals surface area contributed by atoms with Gasteiger partial charge in [0, 0.05) is 30.4 Å². The highest BCUT2D eigenvalue weighted by atomic mass is 16.5. The minimum absolute atomic E-state index is 0.0920. The smallest absolute Gasteiger partial charge is 0.253 e. The van der Waals surface area contributed by atoms with Crippen molar-refractivity contribution in [3.05, 3.63) is 84.0 Å². The average molecular weight is 557 g/mol. The number of carbonyl (C=O) groups excluding carboxylic acids is 2. The van der Waals surface area contributed by atoms with Crippen molar-refractivity contribution in [1.82, 2.24) is 25.3 Å². The van der Waals surface area contributed by atoms with Crippen molar-refractivity contribution in [2.75, 3.05) is 32.6 Å². The Kier molecular flexibility index (Phi) is 8.85. The van der Waals surface area contributed by atoms with E-state index in [0.717, 1.165) is 11.1 Å². The molecule has 2 amide bonds. The second-order valence-corrected chi connectivity index (χ2v) is 9.71. The predicted molar refractivity (Wildman–Crippen MR) is 151 cm³/mol. The minimum Gasteiger partial charge on any atom is -0.493 e. The van der Waals surface area contributed by atoms with E-state index < -0.39 is 0 Å². The number of hydrogen-bond acceptors (Lipinski definition) is 9. The van der Waals surface area contributed by atoms with Crippen molar-refractivity contribution < 1.29 is 23.6 Å². The predicted octanol–water partition coefficient (Wildman–Crippen LogP) is 3.93. The van der Waals surface area contributed by atoms with Crippen LogP contribution in [0.1, 0.15) is 34.7 Å². The maximum Gasteiger partial charge on any atom is 0.253 e. The highest BCUT2D eigenvalue weighted by Crippen LogP contribution is 2.31. The summed E-state index contributed by atoms with van der Waals surface area (Å²) in [5.41, 5.74) is 2.58. The van der Waals surface area contributed by atoms with Gasteiger partial charge in [0.15, 0.2) is 11.5 Å². The van der Waals surface area contributed by atoms with Gasteiger partial charge in [-0.2, -0.15) is 4.98 Å². The van der Waals surface area contributed by atoms with Crippen LogP contribution in [0, 0.1) is 5.92 Å². The Morgan fingerprint density at radius 3 is 2.59 bits per heavy atom. The third-order valence-corrected chi connectivity index (χ3v) is 7.03. The fraction of sp³-hybridized carbons (Fsp3) is 0.300. The summed E-state index contributed by atoms with van der Waals surface area (Å²) in [5.74, 6) is 1.67. The van der Waals surface area contributed by atoms with Crippen molar-refractivity contribution in [1.29, 1.82) is 0 Å². The Labute approximate surface area is 237 Å². The fourth-order valence-corrected chi connectivity index (χ4v) is 4.76. The molecule has 2 aromatic heterocycles. The van der Waals surface area contributed by atoms with Gasteiger partial charge in [0.05, 0.1) is 32.0 Å². The molecule has 11 nitrogen and oxygen atoms in total. The average Bonchev–Trinajstić information content (AvgIpc) is 3.49. The number of hydrogen-bond donors (Lipinski definition) is 2. The van der Waals surface area contributed by atoms with Crippen LogP contribution in [-0.4, -0.2) is 59.1 Å². The zero-order chi connectivity index (χ0) is 28.6. The zero-order valence-electron chi connectivity index (χ0n) is 23.0. The third kappa shape index (κ3) is 6.87. The van der Waals surface area contributed by atoms with Gasteiger partial charge in [-0.1, -0.05) is 23.4 Å². The Morgan fingerprint density at radius 2 is 1.83 bits per heavy atom. The van der Waals surface area contributed by atoms with Gasteiger partial charge in [0.2, 0.25) is 17.6 Å². The molecule has 2 N–H and O–H groups in total. The molecule has 11 heteroatoms. The maximum atomic E-state index is 13.1. The Bertz CT molecular complexity index is 1480. The van der Waals surface area contributed by atoms with Crippen LogP contribution in [0.3, 0.4) is 0 Å². The first-order chi connectivity index (χ1) is 20.0. The van der Waals surface area contributed by atoms with Gasteiger partial charge in [0.25, 0.3) is 5.91 Å². The quantitative estimate of drug-likeness (QED) is 0.298. The molecule has 5 rings (SSSR count). The van der Waals surface area contributed by atoms with Gasteiger partial charge in [-0.05, 0) is 67.9 Å². The van der Waals surface area contributed by atoms with Crippen LogP contribution in [0.25, 0.3) is 11.4 Å². The van der Waals surface area contributed by atoms with Crippen LogP contribution >= 0.6 is 0 Å². The fourth-order valence-electron chi connectivity index (χ4n) is 4.76. The lowest BCUT2D eigenvalue weighted by molar-refractivity contribution is -0.121. The number of methoxy groups -OCH3 is 2. The van der Waals surface area contributed by atoms with Crippen LogP contribution in [-0.2, 0) is 17.9 Å². The summed E-state index contributed by atoms with van der Waals surface area (Å²) >= 11 is 0. The molecule has 0 aliphatic carbocycles. The molecule has 4 aromatic rings. The van der Waals surface area contributed by atoms with Gasteiger partial charge in [-0.3, -0.25) is 19.5 Å². The normalized spacial score (nSPS) is 13.9. The Balaban J connectivity index is 1.13. The number of pyridine rings is 1. The summed E-state index contributed by atoms with van der Waals surface area (Å²) in [6, 6.07) is 16.2. The number of para-hydroxylation sites is 1. The molecule has 0 saturated carbocycles. The number of nitrogens with one attached hydrogen (secondary N) is 2. The lowest BCUT2D eigenvalue weighted by Crippen LogP contribution is -2.38. The molecule has 0 bridgehead atoms. The van der Waals surface area contributed by atoms with E-state index in [1.54, 1.807) is 63.0 Å². The number of aromatic nitrogens is 3. The number of piperidine rings is 1. The van der Waals surface area contributed by atoms with Crippen molar-refractivity contribution in [3.63, 3.8) is 0 Å². The van der Waals surface area contributed by atoms with Crippen molar-refractivity contribution in [2.45, 2.75) is 25.9 Å². The van der Waals surface area contributed by atoms with Crippen LogP contribution in [0.4, 0.5) is 5.69 Å². The summed E-state index contributed by atoms with van der Waals surface area (Å²) in [6.07, 6.45) is 4.75. The number of anilines is 1. The molecule has 1 saturated heterocycles. The lowest BCUT2D eigenvalue weighted by Gasteiger charge is -2.30. The van der Waals surface area contributed by atoms with E-state index in [1.807, 2.05) is 18.2 Å². The number of nitrogens with zero attached hydrogens (tertiary/aromatic N) is 4. The summed E-state index contributed by atoms with van der Waals surface area (Å²) in [6.45, 7) is 2.26. The van der Waals surface area contributed by atoms with Crippen molar-refractivity contribution in [2.24, 2.45) is 5.92 Å². The van der Waals surface area contributed by atoms with Gasteiger partial charge < -0.3 is 24.6 Å². The molecule has 0 radical (unpaired) electrons. The lowest BCUT2D eigenvalue weighted by atomic mass is 9.95. The molecule has 3 heterocycles. The molecule has 1 aliphatic rings. The first-order valence-electron chi connectivity index (χ1n) is 13.4. The third-order valence-electron chi connectivity index (χ3n) is 7.03. The first kappa shape index (κ1) is 27.8. The van der Waals surface area contributed by atoms with Crippen LogP contribution in [0.5, 0.6) is 11.5 Å². The van der Waals surface area contributed by atoms with E-state index in [1.165, 1.54) is 0 Å². The van der Waals surface area contributed by atoms with E-state index in [9.17, 15) is 9.59 Å². The summed E-state index contributed by atoms with van der Waals surface area (Å²) in [5, 5.41) is 9.98. The zero-order valence-corrected chi connectivity index (χ0v) is 23.0. The summed E-state index contributed by atoms with van der Waals surface area (Å²) in [7, 11) is 3.16. The second kappa shape index (κ2) is 13.1. The summed E-state index contributed by atoms with van der Waals surface area (Å²) in [4.78, 5) is 36.8. The molecule has 41 heavy (non-hydrogen) atoms. The molecule has 1 fully saturated rings. The molecule has 0 unspecified atom stereocenters. The number of benzene rings is 2. The number of carbonyl (C=O) groups is 2. The van der Waals surface area contributed by atoms with Gasteiger partial charge in [-0.25, -0.2) is 0 Å². The van der Waals surface area contributed by atoms with E-state index >= 15 is 0 Å². The minimum atomic E-state index is -0.258. The highest BCUT2D eigenvalue weighted by Gasteiger charge is 2.27. The first-order valence-corrected chi connectivity index (χ1v) is 13.4. The molecular formula is C30H32N6O5. The molecule has 1 aliphatic heterocycles. The van der Waals surface area contributed by atoms with Crippen LogP contribution < -0.4 is 20.1 Å². The Hall–Kier alpha value is -4.77. The molecule has 0 spiro atoms. The highest BCUT2D eigenvalue weighted by molar-refractivity contribution is 6.04. The monoisotopic (exact) mass is 556 g/mol. The largest absolute Gasteiger partial charge is 0.493 e. The van der Waals surface area contributed by atoms with E-state index in [0.29, 0.717) is 73.5 Å². The molecular weight excluding hydrogens is 524 g/mol. The molecule has 2 aromatic carbocycles. The van der Waals surface area contributed by atoms with Gasteiger partial charge >= 0.3 is 0 Å². The summed E-state index contributed by atoms with van der Waals surface area (Å²) < 4.78 is 16.1. The topological polar surface area (TPSA) is 132 Å². The van der Waals surface area contributed by atoms with Crippen LogP contribution in [0.15, 0.2) is 71.5 Å². The van der Waals surface area contributed by atoms with E-state index in [4.69, 9.17) is 14.0 Å². The van der Waals surface area contributed by atoms with E-state index in [2.05, 4.69) is 30.7 Å². The van der Waals surface area contributed by atoms with Crippen molar-refractivity contribution >= 4 is 17.5 Å². The standard InChI is InChI=1S/C30H32N6O5/c1-39-25-10-9-22(16-26(25)40-2)28-34-27(41-35-28)19-36-14-11-21(12-15-36)29(37)33-24-8-4-3-7-23(24)30(38)32-18-20-6-5-13-31-17-20/h3-10,13,16-17,21H,11-12,14-15,18-19H2,1-2H3,(H,32,38)(H,33,37). The van der Waals surface area contributed by atoms with E-state index in [-0.39, 0.29) is 17.7 Å².